The number of carbonyl (C=O) groups excluding carboxylic acids is 1. The molecule has 1 fully saturated rings. The Balaban J connectivity index is 3.04. The van der Waals surface area contributed by atoms with Gasteiger partial charge in [-0.2, -0.15) is 0 Å². The van der Waals surface area contributed by atoms with Crippen molar-refractivity contribution in [3.8, 4) is 0 Å². The molecule has 1 saturated carbocycles. The van der Waals surface area contributed by atoms with Gasteiger partial charge in [0.25, 0.3) is 0 Å². The molecule has 4 unspecified atom stereocenters. The zero-order valence-electron chi connectivity index (χ0n) is 12.2. The van der Waals surface area contributed by atoms with Gasteiger partial charge in [-0.05, 0) is 30.6 Å². The fourth-order valence-electron chi connectivity index (χ4n) is 3.25. The molecule has 0 heterocycles. The lowest BCUT2D eigenvalue weighted by Crippen LogP contribution is -2.55. The number of esters is 1. The third-order valence-corrected chi connectivity index (χ3v) is 4.41. The predicted octanol–water partition coefficient (Wildman–Crippen LogP) is 1.64. The van der Waals surface area contributed by atoms with E-state index in [2.05, 4.69) is 4.74 Å². The van der Waals surface area contributed by atoms with Gasteiger partial charge in [0, 0.05) is 5.92 Å². The van der Waals surface area contributed by atoms with Crippen LogP contribution in [0.2, 0.25) is 0 Å². The quantitative estimate of drug-likeness (QED) is 0.536. The number of hydrogen-bond donors (Lipinski definition) is 3. The van der Waals surface area contributed by atoms with Gasteiger partial charge in [-0.3, -0.25) is 0 Å². The van der Waals surface area contributed by atoms with Crippen molar-refractivity contribution in [2.45, 2.75) is 45.6 Å². The van der Waals surface area contributed by atoms with Crippen LogP contribution in [-0.4, -0.2) is 39.7 Å². The molecule has 1 aliphatic carbocycles. The maximum atomic E-state index is 11.9. The molecule has 0 radical (unpaired) electrons. The van der Waals surface area contributed by atoms with Crippen LogP contribution in [0.1, 0.15) is 40.0 Å². The Bertz CT molecular complexity index is 367. The normalized spacial score (nSPS) is 29.8. The van der Waals surface area contributed by atoms with Crippen LogP contribution in [0.15, 0.2) is 0 Å². The van der Waals surface area contributed by atoms with E-state index in [1.54, 1.807) is 0 Å². The third-order valence-electron chi connectivity index (χ3n) is 4.41. The lowest BCUT2D eigenvalue weighted by Gasteiger charge is -2.44. The average Bonchev–Trinajstić information content (AvgIpc) is 2.36. The summed E-state index contributed by atoms with van der Waals surface area (Å²) in [5.41, 5.74) is -2.15. The zero-order chi connectivity index (χ0) is 15.5. The number of aliphatic hydroxyl groups excluding tert-OH is 1. The van der Waals surface area contributed by atoms with Crippen molar-refractivity contribution in [1.82, 2.24) is 0 Å². The summed E-state index contributed by atoms with van der Waals surface area (Å²) in [6.45, 7) is 5.17. The van der Waals surface area contributed by atoms with Crippen LogP contribution in [0.4, 0.5) is 4.79 Å². The van der Waals surface area contributed by atoms with Crippen LogP contribution in [0.25, 0.3) is 0 Å². The van der Waals surface area contributed by atoms with Crippen LogP contribution in [0.3, 0.4) is 0 Å². The molecule has 0 bridgehead atoms. The second kappa shape index (κ2) is 6.54. The van der Waals surface area contributed by atoms with Crippen molar-refractivity contribution >= 4 is 12.1 Å². The number of hydrogen-bond acceptors (Lipinski definition) is 5. The summed E-state index contributed by atoms with van der Waals surface area (Å²) in [4.78, 5) is 22.4. The second-order valence-corrected chi connectivity index (χ2v) is 6.17. The van der Waals surface area contributed by atoms with E-state index in [0.29, 0.717) is 12.3 Å². The molecule has 0 spiro atoms. The van der Waals surface area contributed by atoms with Gasteiger partial charge in [-0.15, -0.1) is 0 Å². The van der Waals surface area contributed by atoms with Crippen molar-refractivity contribution in [1.29, 1.82) is 0 Å². The van der Waals surface area contributed by atoms with Gasteiger partial charge in [0.1, 0.15) is 0 Å². The minimum atomic E-state index is -2.15. The summed E-state index contributed by atoms with van der Waals surface area (Å²) in [5, 5.41) is 28.5. The average molecular weight is 288 g/mol. The molecular weight excluding hydrogens is 264 g/mol. The molecule has 3 N–H and O–H groups in total. The van der Waals surface area contributed by atoms with Gasteiger partial charge in [0.15, 0.2) is 5.60 Å². The van der Waals surface area contributed by atoms with Crippen LogP contribution in [-0.2, 0) is 9.53 Å². The van der Waals surface area contributed by atoms with Gasteiger partial charge < -0.3 is 20.1 Å². The molecule has 0 saturated heterocycles. The number of carboxylic acid groups (broad SMARTS) is 1. The first-order chi connectivity index (χ1) is 9.22. The van der Waals surface area contributed by atoms with Crippen LogP contribution >= 0.6 is 0 Å². The summed E-state index contributed by atoms with van der Waals surface area (Å²) in [6.07, 6.45) is 0.627. The lowest BCUT2D eigenvalue weighted by molar-refractivity contribution is -0.180. The van der Waals surface area contributed by atoms with Crippen molar-refractivity contribution in [3.05, 3.63) is 0 Å². The van der Waals surface area contributed by atoms with Gasteiger partial charge in [-0.1, -0.05) is 27.2 Å². The van der Waals surface area contributed by atoms with E-state index in [1.165, 1.54) is 0 Å². The van der Waals surface area contributed by atoms with Crippen LogP contribution in [0.5, 0.6) is 0 Å². The molecule has 6 heteroatoms. The smallest absolute Gasteiger partial charge is 0.449 e. The fraction of sp³-hybridized carbons (Fsp3) is 0.857. The highest BCUT2D eigenvalue weighted by Gasteiger charge is 2.51. The molecule has 20 heavy (non-hydrogen) atoms. The molecule has 0 amide bonds. The highest BCUT2D eigenvalue weighted by Crippen LogP contribution is 2.43. The molecule has 6 nitrogen and oxygen atoms in total. The molecule has 0 aromatic rings. The predicted molar refractivity (Wildman–Crippen MR) is 71.0 cm³/mol. The molecule has 1 aliphatic rings. The van der Waals surface area contributed by atoms with Crippen molar-refractivity contribution < 1.29 is 29.6 Å². The van der Waals surface area contributed by atoms with Gasteiger partial charge in [-0.25, -0.2) is 9.59 Å². The lowest BCUT2D eigenvalue weighted by atomic mass is 9.64. The monoisotopic (exact) mass is 288 g/mol. The minimum absolute atomic E-state index is 0.0460. The van der Waals surface area contributed by atoms with Crippen molar-refractivity contribution in [2.75, 3.05) is 6.61 Å². The number of ether oxygens (including phenoxy) is 1. The Morgan fingerprint density at radius 3 is 2.40 bits per heavy atom. The first-order valence-corrected chi connectivity index (χ1v) is 7.00. The molecular formula is C14H24O6. The van der Waals surface area contributed by atoms with E-state index in [9.17, 15) is 19.8 Å². The van der Waals surface area contributed by atoms with E-state index in [1.807, 2.05) is 20.8 Å². The first kappa shape index (κ1) is 16.9. The highest BCUT2D eigenvalue weighted by molar-refractivity contribution is 5.87. The summed E-state index contributed by atoms with van der Waals surface area (Å²) in [7, 11) is 0. The Hall–Kier alpha value is -1.14. The van der Waals surface area contributed by atoms with Crippen molar-refractivity contribution in [3.63, 3.8) is 0 Å². The number of rotatable bonds is 4. The van der Waals surface area contributed by atoms with Crippen LogP contribution < -0.4 is 0 Å². The maximum absolute atomic E-state index is 11.9. The molecule has 4 atom stereocenters. The summed E-state index contributed by atoms with van der Waals surface area (Å²) >= 11 is 0. The number of carbonyl (C=O) groups is 2. The minimum Gasteiger partial charge on any atom is -0.449 e. The SMILES string of the molecule is CC1CCC(C(C)C)C(C(O)(CO)C(=O)OC(=O)O)C1. The van der Waals surface area contributed by atoms with Crippen molar-refractivity contribution in [2.24, 2.45) is 23.7 Å². The Kier molecular flexibility index (Phi) is 5.53. The molecule has 1 rings (SSSR count). The standard InChI is InChI=1S/C14H24O6/c1-8(2)10-5-4-9(3)6-11(10)14(19,7-15)12(16)20-13(17)18/h8-11,15,19H,4-7H2,1-3H3,(H,17,18). The van der Waals surface area contributed by atoms with Gasteiger partial charge >= 0.3 is 12.1 Å². The zero-order valence-corrected chi connectivity index (χ0v) is 12.2. The summed E-state index contributed by atoms with van der Waals surface area (Å²) in [5.74, 6) is -1.20. The second-order valence-electron chi connectivity index (χ2n) is 6.17. The topological polar surface area (TPSA) is 104 Å². The van der Waals surface area contributed by atoms with E-state index < -0.39 is 30.3 Å². The third kappa shape index (κ3) is 3.49. The summed E-state index contributed by atoms with van der Waals surface area (Å²) in [6, 6.07) is 0. The fourth-order valence-corrected chi connectivity index (χ4v) is 3.25. The van der Waals surface area contributed by atoms with E-state index in [-0.39, 0.29) is 11.8 Å². The Morgan fingerprint density at radius 2 is 1.95 bits per heavy atom. The molecule has 0 aromatic carbocycles. The molecule has 0 aromatic heterocycles. The highest BCUT2D eigenvalue weighted by atomic mass is 16.7. The number of aliphatic hydroxyl groups is 2. The van der Waals surface area contributed by atoms with Gasteiger partial charge in [0.05, 0.1) is 6.61 Å². The van der Waals surface area contributed by atoms with E-state index >= 15 is 0 Å². The van der Waals surface area contributed by atoms with E-state index in [0.717, 1.165) is 12.8 Å². The Morgan fingerprint density at radius 1 is 1.35 bits per heavy atom. The van der Waals surface area contributed by atoms with Crippen LogP contribution in [0, 0.1) is 23.7 Å². The maximum Gasteiger partial charge on any atom is 0.513 e. The van der Waals surface area contributed by atoms with Gasteiger partial charge in [0.2, 0.25) is 0 Å². The first-order valence-electron chi connectivity index (χ1n) is 7.00. The van der Waals surface area contributed by atoms with E-state index in [4.69, 9.17) is 5.11 Å². The largest absolute Gasteiger partial charge is 0.513 e. The summed E-state index contributed by atoms with van der Waals surface area (Å²) < 4.78 is 4.09. The molecule has 0 aliphatic heterocycles. The molecule has 116 valence electrons. The Labute approximate surface area is 118 Å².